The minimum Gasteiger partial charge on any atom is -0.329 e. The van der Waals surface area contributed by atoms with Gasteiger partial charge >= 0.3 is 0 Å². The third-order valence-corrected chi connectivity index (χ3v) is 9.72. The molecule has 0 radical (unpaired) electrons. The van der Waals surface area contributed by atoms with Crippen LogP contribution < -0.4 is 16.9 Å². The summed E-state index contributed by atoms with van der Waals surface area (Å²) in [5, 5.41) is 13.3. The molecule has 0 bridgehead atoms. The van der Waals surface area contributed by atoms with Crippen molar-refractivity contribution < 1.29 is 9.59 Å². The molecule has 2 amide bonds. The van der Waals surface area contributed by atoms with Crippen molar-refractivity contribution in [2.24, 2.45) is 5.73 Å². The molecule has 0 fully saturated rings. The molecular weight excluding hydrogens is 723 g/mol. The standard InChI is InChI=1S/C25H18ClN3O3.C17H16ClN3O/c26-17-11-9-16(10-12-17)15-22-18-5-1-2-6-19(18)25(32)29(27-22)14-13-28-23(30)20-7-3-4-8-21(20)24(28)31;18-13-7-5-12(6-8-13)11-16-14-3-1-2-4-15(14)17(22)21(20-16)10-9-19/h1-12H,13-15H2;1-8H,9-11,19H2. The van der Waals surface area contributed by atoms with Crippen LogP contribution in [0.4, 0.5) is 0 Å². The molecule has 0 atom stereocenters. The van der Waals surface area contributed by atoms with Crippen LogP contribution in [-0.4, -0.2) is 49.4 Å². The largest absolute Gasteiger partial charge is 0.329 e. The highest BCUT2D eigenvalue weighted by molar-refractivity contribution is 6.30. The van der Waals surface area contributed by atoms with Crippen LogP contribution in [0.25, 0.3) is 21.5 Å². The number of carbonyl (C=O) groups excluding carboxylic acids is 2. The van der Waals surface area contributed by atoms with Crippen molar-refractivity contribution in [3.63, 3.8) is 0 Å². The lowest BCUT2D eigenvalue weighted by Gasteiger charge is -2.16. The summed E-state index contributed by atoms with van der Waals surface area (Å²) >= 11 is 11.9. The Hall–Kier alpha value is -5.94. The van der Waals surface area contributed by atoms with Gasteiger partial charge in [0.2, 0.25) is 0 Å². The second-order valence-electron chi connectivity index (χ2n) is 12.7. The number of benzene rings is 5. The molecular formula is C42H34Cl2N6O4. The Morgan fingerprint density at radius 1 is 0.481 bits per heavy atom. The Balaban J connectivity index is 0.000000179. The van der Waals surface area contributed by atoms with E-state index in [9.17, 15) is 19.2 Å². The fourth-order valence-corrected chi connectivity index (χ4v) is 6.78. The third-order valence-electron chi connectivity index (χ3n) is 9.21. The van der Waals surface area contributed by atoms with Gasteiger partial charge in [-0.2, -0.15) is 10.2 Å². The molecule has 12 heteroatoms. The van der Waals surface area contributed by atoms with E-state index >= 15 is 0 Å². The minimum absolute atomic E-state index is 0.0674. The fraction of sp³-hybridized carbons (Fsp3) is 0.143. The van der Waals surface area contributed by atoms with E-state index in [1.54, 1.807) is 30.3 Å². The highest BCUT2D eigenvalue weighted by Crippen LogP contribution is 2.23. The van der Waals surface area contributed by atoms with Gasteiger partial charge in [-0.1, -0.05) is 96.0 Å². The number of fused-ring (bicyclic) bond motifs is 3. The molecule has 2 aromatic heterocycles. The number of nitrogens with two attached hydrogens (primary N) is 1. The fourth-order valence-electron chi connectivity index (χ4n) is 6.53. The van der Waals surface area contributed by atoms with Crippen molar-refractivity contribution in [1.29, 1.82) is 0 Å². The van der Waals surface area contributed by atoms with Gasteiger partial charge in [0.05, 0.1) is 46.4 Å². The first-order valence-corrected chi connectivity index (χ1v) is 18.1. The van der Waals surface area contributed by atoms with Crippen LogP contribution in [0.15, 0.2) is 131 Å². The third kappa shape index (κ3) is 7.58. The number of rotatable bonds is 9. The summed E-state index contributed by atoms with van der Waals surface area (Å²) in [5.74, 6) is -0.693. The van der Waals surface area contributed by atoms with E-state index < -0.39 is 0 Å². The average Bonchev–Trinajstić information content (AvgIpc) is 3.44. The summed E-state index contributed by atoms with van der Waals surface area (Å²) in [4.78, 5) is 51.9. The Bertz CT molecular complexity index is 2600. The van der Waals surface area contributed by atoms with Gasteiger partial charge in [-0.05, 0) is 59.7 Å². The first-order chi connectivity index (χ1) is 26.2. The molecule has 0 saturated heterocycles. The van der Waals surface area contributed by atoms with E-state index in [1.165, 1.54) is 14.3 Å². The van der Waals surface area contributed by atoms with Crippen molar-refractivity contribution in [3.05, 3.63) is 186 Å². The highest BCUT2D eigenvalue weighted by atomic mass is 35.5. The number of hydrogen-bond donors (Lipinski definition) is 1. The van der Waals surface area contributed by atoms with E-state index in [1.807, 2.05) is 91.0 Å². The lowest BCUT2D eigenvalue weighted by molar-refractivity contribution is 0.0647. The highest BCUT2D eigenvalue weighted by Gasteiger charge is 2.34. The van der Waals surface area contributed by atoms with Crippen LogP contribution in [0.2, 0.25) is 10.0 Å². The number of aromatic nitrogens is 4. The summed E-state index contributed by atoms with van der Waals surface area (Å²) < 4.78 is 2.80. The molecule has 54 heavy (non-hydrogen) atoms. The van der Waals surface area contributed by atoms with Gasteiger partial charge in [0.1, 0.15) is 0 Å². The molecule has 7 aromatic rings. The molecule has 1 aliphatic rings. The van der Waals surface area contributed by atoms with Gasteiger partial charge in [0, 0.05) is 46.7 Å². The Labute approximate surface area is 320 Å². The summed E-state index contributed by atoms with van der Waals surface area (Å²) in [7, 11) is 0. The van der Waals surface area contributed by atoms with Gasteiger partial charge in [-0.3, -0.25) is 24.1 Å². The first-order valence-electron chi connectivity index (χ1n) is 17.3. The van der Waals surface area contributed by atoms with Crippen LogP contribution in [0, 0.1) is 0 Å². The predicted octanol–water partition coefficient (Wildman–Crippen LogP) is 6.54. The summed E-state index contributed by atoms with van der Waals surface area (Å²) in [5.41, 5.74) is 9.72. The lowest BCUT2D eigenvalue weighted by atomic mass is 10.0. The number of hydrogen-bond acceptors (Lipinski definition) is 7. The Morgan fingerprint density at radius 2 is 0.870 bits per heavy atom. The van der Waals surface area contributed by atoms with Crippen molar-refractivity contribution in [2.75, 3.05) is 13.1 Å². The van der Waals surface area contributed by atoms with Crippen molar-refractivity contribution in [2.45, 2.75) is 25.9 Å². The molecule has 0 spiro atoms. The van der Waals surface area contributed by atoms with E-state index in [-0.39, 0.29) is 36.0 Å². The maximum atomic E-state index is 13.1. The quantitative estimate of drug-likeness (QED) is 0.166. The van der Waals surface area contributed by atoms with Gasteiger partial charge in [-0.15, -0.1) is 0 Å². The van der Waals surface area contributed by atoms with Gasteiger partial charge < -0.3 is 5.73 Å². The molecule has 2 N–H and O–H groups in total. The topological polar surface area (TPSA) is 133 Å². The zero-order chi connectivity index (χ0) is 37.8. The van der Waals surface area contributed by atoms with Gasteiger partial charge in [-0.25, -0.2) is 9.36 Å². The van der Waals surface area contributed by atoms with Crippen molar-refractivity contribution >= 4 is 56.6 Å². The summed E-state index contributed by atoms with van der Waals surface area (Å²) in [6.07, 6.45) is 1.16. The van der Waals surface area contributed by atoms with Crippen LogP contribution in [0.3, 0.4) is 0 Å². The number of amides is 2. The van der Waals surface area contributed by atoms with E-state index in [2.05, 4.69) is 10.2 Å². The molecule has 5 aromatic carbocycles. The molecule has 270 valence electrons. The Morgan fingerprint density at radius 3 is 1.30 bits per heavy atom. The predicted molar refractivity (Wildman–Crippen MR) is 211 cm³/mol. The number of carbonyl (C=O) groups is 2. The second kappa shape index (κ2) is 16.0. The maximum absolute atomic E-state index is 13.1. The lowest BCUT2D eigenvalue weighted by Crippen LogP contribution is -2.36. The molecule has 0 aliphatic carbocycles. The van der Waals surface area contributed by atoms with E-state index in [0.29, 0.717) is 57.9 Å². The van der Waals surface area contributed by atoms with Crippen molar-refractivity contribution in [1.82, 2.24) is 24.5 Å². The average molecular weight is 758 g/mol. The molecule has 8 rings (SSSR count). The van der Waals surface area contributed by atoms with E-state index in [0.717, 1.165) is 33.3 Å². The normalized spacial score (nSPS) is 12.2. The van der Waals surface area contributed by atoms with Crippen LogP contribution in [-0.2, 0) is 25.9 Å². The molecule has 0 unspecified atom stereocenters. The number of nitrogens with zero attached hydrogens (tertiary/aromatic N) is 5. The van der Waals surface area contributed by atoms with Gasteiger partial charge in [0.15, 0.2) is 0 Å². The Kier molecular flexibility index (Phi) is 10.8. The van der Waals surface area contributed by atoms with Gasteiger partial charge in [0.25, 0.3) is 22.9 Å². The first kappa shape index (κ1) is 36.4. The molecule has 3 heterocycles. The zero-order valence-electron chi connectivity index (χ0n) is 29.0. The SMILES string of the molecule is NCCn1nc(Cc2ccc(Cl)cc2)c2ccccc2c1=O.O=C1c2ccccc2C(=O)N1CCn1nc(Cc2ccc(Cl)cc2)c2ccccc2c1=O. The number of imide groups is 1. The smallest absolute Gasteiger partial charge is 0.274 e. The van der Waals surface area contributed by atoms with Crippen molar-refractivity contribution in [3.8, 4) is 0 Å². The number of halogens is 2. The molecule has 0 saturated carbocycles. The van der Waals surface area contributed by atoms with Crippen LogP contribution in [0.1, 0.15) is 43.2 Å². The molecule has 10 nitrogen and oxygen atoms in total. The van der Waals surface area contributed by atoms with E-state index in [4.69, 9.17) is 28.9 Å². The molecule has 1 aliphatic heterocycles. The monoisotopic (exact) mass is 756 g/mol. The summed E-state index contributed by atoms with van der Waals surface area (Å²) in [6.45, 7) is 0.976. The second-order valence-corrected chi connectivity index (χ2v) is 13.6. The zero-order valence-corrected chi connectivity index (χ0v) is 30.5. The minimum atomic E-state index is -0.346. The maximum Gasteiger partial charge on any atom is 0.274 e. The summed E-state index contributed by atoms with van der Waals surface area (Å²) in [6, 6.07) is 36.7. The van der Waals surface area contributed by atoms with Crippen LogP contribution in [0.5, 0.6) is 0 Å². The van der Waals surface area contributed by atoms with Crippen LogP contribution >= 0.6 is 23.2 Å².